The summed E-state index contributed by atoms with van der Waals surface area (Å²) in [6.45, 7) is 10.8. The number of likely N-dealkylation sites (tertiary alicyclic amines) is 1. The van der Waals surface area contributed by atoms with Crippen LogP contribution in [0, 0.1) is 0 Å². The maximum Gasteiger partial charge on any atom is 0.235 e. The topological polar surface area (TPSA) is 64.2 Å². The van der Waals surface area contributed by atoms with Crippen LogP contribution >= 0.6 is 11.8 Å². The van der Waals surface area contributed by atoms with Crippen LogP contribution in [0.4, 0.5) is 0 Å². The van der Waals surface area contributed by atoms with E-state index in [1.165, 1.54) is 17.3 Å². The third-order valence-corrected chi connectivity index (χ3v) is 6.74. The van der Waals surface area contributed by atoms with Gasteiger partial charge < -0.3 is 9.32 Å². The Kier molecular flexibility index (Phi) is 6.23. The molecule has 0 unspecified atom stereocenters. The molecule has 3 aromatic rings. The predicted molar refractivity (Wildman–Crippen MR) is 123 cm³/mol. The smallest absolute Gasteiger partial charge is 0.235 e. The van der Waals surface area contributed by atoms with Gasteiger partial charge in [-0.3, -0.25) is 9.36 Å². The Morgan fingerprint density at radius 2 is 1.84 bits per heavy atom. The normalized spacial score (nSPS) is 15.4. The van der Waals surface area contributed by atoms with Crippen molar-refractivity contribution in [2.75, 3.05) is 13.1 Å². The monoisotopic (exact) mass is 438 g/mol. The molecule has 0 aliphatic carbocycles. The summed E-state index contributed by atoms with van der Waals surface area (Å²) in [5, 5.41) is 9.46. The fourth-order valence-electron chi connectivity index (χ4n) is 3.81. The van der Waals surface area contributed by atoms with Gasteiger partial charge in [-0.05, 0) is 42.9 Å². The van der Waals surface area contributed by atoms with E-state index >= 15 is 0 Å². The minimum absolute atomic E-state index is 0.0900. The molecule has 0 radical (unpaired) electrons. The molecule has 6 nitrogen and oxygen atoms in total. The van der Waals surface area contributed by atoms with Crippen LogP contribution in [0.25, 0.3) is 11.4 Å². The van der Waals surface area contributed by atoms with Gasteiger partial charge in [-0.1, -0.05) is 56.8 Å². The van der Waals surface area contributed by atoms with E-state index in [4.69, 9.17) is 4.42 Å². The fraction of sp³-hybridized carbons (Fsp3) is 0.458. The van der Waals surface area contributed by atoms with E-state index in [0.29, 0.717) is 6.54 Å². The average molecular weight is 439 g/mol. The second kappa shape index (κ2) is 8.91. The van der Waals surface area contributed by atoms with Gasteiger partial charge in [0.15, 0.2) is 11.0 Å². The van der Waals surface area contributed by atoms with Gasteiger partial charge in [0.2, 0.25) is 5.91 Å². The number of nitrogens with zero attached hydrogens (tertiary/aromatic N) is 4. The van der Waals surface area contributed by atoms with E-state index in [0.717, 1.165) is 48.2 Å². The van der Waals surface area contributed by atoms with Crippen LogP contribution in [0.3, 0.4) is 0 Å². The highest BCUT2D eigenvalue weighted by molar-refractivity contribution is 8.00. The number of hydrogen-bond acceptors (Lipinski definition) is 5. The van der Waals surface area contributed by atoms with Crippen molar-refractivity contribution < 1.29 is 9.21 Å². The fourth-order valence-corrected chi connectivity index (χ4v) is 4.75. The highest BCUT2D eigenvalue weighted by Crippen LogP contribution is 2.30. The summed E-state index contributed by atoms with van der Waals surface area (Å²) in [5.41, 5.74) is 2.36. The van der Waals surface area contributed by atoms with Gasteiger partial charge in [-0.2, -0.15) is 0 Å². The van der Waals surface area contributed by atoms with E-state index < -0.39 is 0 Å². The Morgan fingerprint density at radius 1 is 1.13 bits per heavy atom. The second-order valence-electron chi connectivity index (χ2n) is 9.09. The Balaban J connectivity index is 1.63. The minimum atomic E-state index is -0.214. The molecular formula is C24H30N4O2S. The number of carbonyl (C=O) groups excluding carboxylic acids is 1. The first-order chi connectivity index (χ1) is 14.8. The van der Waals surface area contributed by atoms with Crippen molar-refractivity contribution in [2.24, 2.45) is 0 Å². The molecule has 4 rings (SSSR count). The molecule has 0 N–H and O–H groups in total. The quantitative estimate of drug-likeness (QED) is 0.508. The predicted octanol–water partition coefficient (Wildman–Crippen LogP) is 4.99. The first-order valence-electron chi connectivity index (χ1n) is 10.8. The Labute approximate surface area is 188 Å². The number of amides is 1. The zero-order valence-corrected chi connectivity index (χ0v) is 19.5. The molecule has 164 valence electrons. The van der Waals surface area contributed by atoms with Gasteiger partial charge >= 0.3 is 0 Å². The minimum Gasteiger partial charge on any atom is -0.467 e. The van der Waals surface area contributed by atoms with Crippen LogP contribution < -0.4 is 0 Å². The SMILES string of the molecule is C[C@@H](Sc1nnc(-c2ccc(C(C)(C)C)cc2)n1Cc1ccco1)C(=O)N1CCCC1. The lowest BCUT2D eigenvalue weighted by Gasteiger charge is -2.20. The van der Waals surface area contributed by atoms with Gasteiger partial charge in [0, 0.05) is 18.7 Å². The van der Waals surface area contributed by atoms with Gasteiger partial charge in [-0.15, -0.1) is 10.2 Å². The highest BCUT2D eigenvalue weighted by atomic mass is 32.2. The molecule has 1 aliphatic rings. The van der Waals surface area contributed by atoms with E-state index in [2.05, 4.69) is 55.2 Å². The molecule has 0 spiro atoms. The standard InChI is InChI=1S/C24H30N4O2S/c1-17(22(29)27-13-5-6-14-27)31-23-26-25-21(28(23)16-20-8-7-15-30-20)18-9-11-19(12-10-18)24(2,3)4/h7-12,15,17H,5-6,13-14,16H2,1-4H3/t17-/m1/s1. The first-order valence-corrected chi connectivity index (χ1v) is 11.7. The number of thioether (sulfide) groups is 1. The molecule has 1 saturated heterocycles. The van der Waals surface area contributed by atoms with Gasteiger partial charge in [0.05, 0.1) is 18.1 Å². The number of hydrogen-bond donors (Lipinski definition) is 0. The number of carbonyl (C=O) groups is 1. The number of furan rings is 1. The van der Waals surface area contributed by atoms with Crippen LogP contribution in [0.1, 0.15) is 51.9 Å². The summed E-state index contributed by atoms with van der Waals surface area (Å²) in [5.74, 6) is 1.78. The maximum absolute atomic E-state index is 12.8. The molecule has 3 heterocycles. The zero-order chi connectivity index (χ0) is 22.0. The van der Waals surface area contributed by atoms with Crippen molar-refractivity contribution in [2.45, 2.75) is 62.9 Å². The maximum atomic E-state index is 12.8. The van der Waals surface area contributed by atoms with Crippen molar-refractivity contribution in [1.29, 1.82) is 0 Å². The summed E-state index contributed by atoms with van der Waals surface area (Å²) in [6, 6.07) is 12.3. The molecule has 31 heavy (non-hydrogen) atoms. The summed E-state index contributed by atoms with van der Waals surface area (Å²) in [7, 11) is 0. The van der Waals surface area contributed by atoms with E-state index in [-0.39, 0.29) is 16.6 Å². The van der Waals surface area contributed by atoms with Crippen LogP contribution in [0.15, 0.2) is 52.2 Å². The molecule has 1 amide bonds. The Hall–Kier alpha value is -2.54. The summed E-state index contributed by atoms with van der Waals surface area (Å²) in [6.07, 6.45) is 3.85. The lowest BCUT2D eigenvalue weighted by molar-refractivity contribution is -0.129. The second-order valence-corrected chi connectivity index (χ2v) is 10.4. The molecule has 0 bridgehead atoms. The van der Waals surface area contributed by atoms with Crippen LogP contribution in [0.2, 0.25) is 0 Å². The Morgan fingerprint density at radius 3 is 2.45 bits per heavy atom. The number of benzene rings is 1. The van der Waals surface area contributed by atoms with Crippen molar-refractivity contribution in [3.05, 3.63) is 54.0 Å². The molecule has 2 aromatic heterocycles. The number of rotatable bonds is 6. The first kappa shape index (κ1) is 21.7. The largest absolute Gasteiger partial charge is 0.467 e. The summed E-state index contributed by atoms with van der Waals surface area (Å²) >= 11 is 1.47. The molecule has 1 aromatic carbocycles. The van der Waals surface area contributed by atoms with Crippen molar-refractivity contribution in [1.82, 2.24) is 19.7 Å². The third kappa shape index (κ3) is 4.87. The highest BCUT2D eigenvalue weighted by Gasteiger charge is 2.27. The molecular weight excluding hydrogens is 408 g/mol. The van der Waals surface area contributed by atoms with Crippen LogP contribution in [-0.4, -0.2) is 43.9 Å². The van der Waals surface area contributed by atoms with Gasteiger partial charge in [0.1, 0.15) is 5.76 Å². The molecule has 7 heteroatoms. The van der Waals surface area contributed by atoms with Crippen molar-refractivity contribution in [3.63, 3.8) is 0 Å². The Bertz CT molecular complexity index is 1010. The van der Waals surface area contributed by atoms with E-state index in [1.807, 2.05) is 28.5 Å². The lowest BCUT2D eigenvalue weighted by atomic mass is 9.87. The summed E-state index contributed by atoms with van der Waals surface area (Å²) < 4.78 is 7.63. The summed E-state index contributed by atoms with van der Waals surface area (Å²) in [4.78, 5) is 14.8. The van der Waals surface area contributed by atoms with Crippen molar-refractivity contribution >= 4 is 17.7 Å². The third-order valence-electron chi connectivity index (χ3n) is 5.67. The van der Waals surface area contributed by atoms with Gasteiger partial charge in [0.25, 0.3) is 0 Å². The molecule has 1 atom stereocenters. The number of aromatic nitrogens is 3. The van der Waals surface area contributed by atoms with Crippen LogP contribution in [0.5, 0.6) is 0 Å². The van der Waals surface area contributed by atoms with Crippen LogP contribution in [-0.2, 0) is 16.8 Å². The van der Waals surface area contributed by atoms with E-state index in [1.54, 1.807) is 6.26 Å². The van der Waals surface area contributed by atoms with Crippen molar-refractivity contribution in [3.8, 4) is 11.4 Å². The molecule has 1 fully saturated rings. The van der Waals surface area contributed by atoms with E-state index in [9.17, 15) is 4.79 Å². The van der Waals surface area contributed by atoms with Gasteiger partial charge in [-0.25, -0.2) is 0 Å². The average Bonchev–Trinajstić information content (AvgIpc) is 3.50. The molecule has 0 saturated carbocycles. The molecule has 1 aliphatic heterocycles. The zero-order valence-electron chi connectivity index (χ0n) is 18.7. The lowest BCUT2D eigenvalue weighted by Crippen LogP contribution is -2.34.